The Morgan fingerprint density at radius 1 is 0.917 bits per heavy atom. The van der Waals surface area contributed by atoms with Crippen LogP contribution < -0.4 is 0 Å². The van der Waals surface area contributed by atoms with Crippen molar-refractivity contribution in [2.24, 2.45) is 5.92 Å². The van der Waals surface area contributed by atoms with Crippen LogP contribution in [0.5, 0.6) is 0 Å². The van der Waals surface area contributed by atoms with Gasteiger partial charge in [0.15, 0.2) is 0 Å². The Balaban J connectivity index is 1.47. The van der Waals surface area contributed by atoms with Gasteiger partial charge in [0.25, 0.3) is 0 Å². The molecule has 2 fully saturated rings. The van der Waals surface area contributed by atoms with Crippen LogP contribution in [0.2, 0.25) is 0 Å². The summed E-state index contributed by atoms with van der Waals surface area (Å²) in [7, 11) is 0. The number of hydrogen-bond donors (Lipinski definition) is 1. The van der Waals surface area contributed by atoms with Crippen molar-refractivity contribution in [3.8, 4) is 0 Å². The lowest BCUT2D eigenvalue weighted by molar-refractivity contribution is 0.0697. The second kappa shape index (κ2) is 8.63. The summed E-state index contributed by atoms with van der Waals surface area (Å²) in [5.74, 6) is 0.0727. The summed E-state index contributed by atoms with van der Waals surface area (Å²) in [4.78, 5) is 16.1. The lowest BCUT2D eigenvalue weighted by Crippen LogP contribution is -2.34. The average molecular weight is 330 g/mol. The number of nitrogens with zero attached hydrogens (tertiary/aromatic N) is 2. The molecule has 1 N–H and O–H groups in total. The zero-order chi connectivity index (χ0) is 16.8. The van der Waals surface area contributed by atoms with Gasteiger partial charge in [0.05, 0.1) is 5.56 Å². The van der Waals surface area contributed by atoms with Crippen molar-refractivity contribution in [2.45, 2.75) is 45.1 Å². The van der Waals surface area contributed by atoms with Crippen molar-refractivity contribution >= 4 is 5.97 Å². The first kappa shape index (κ1) is 17.4. The highest BCUT2D eigenvalue weighted by Crippen LogP contribution is 2.24. The van der Waals surface area contributed by atoms with Crippen LogP contribution in [-0.4, -0.2) is 53.6 Å². The summed E-state index contributed by atoms with van der Waals surface area (Å²) in [5.41, 5.74) is 1.58. The van der Waals surface area contributed by atoms with Gasteiger partial charge in [-0.3, -0.25) is 4.90 Å². The maximum absolute atomic E-state index is 10.9. The van der Waals surface area contributed by atoms with Gasteiger partial charge in [-0.15, -0.1) is 0 Å². The molecule has 0 radical (unpaired) electrons. The van der Waals surface area contributed by atoms with Crippen molar-refractivity contribution in [2.75, 3.05) is 32.7 Å². The molecule has 24 heavy (non-hydrogen) atoms. The molecule has 1 aromatic carbocycles. The van der Waals surface area contributed by atoms with Crippen LogP contribution in [0.25, 0.3) is 0 Å². The Morgan fingerprint density at radius 2 is 1.58 bits per heavy atom. The molecule has 1 aliphatic heterocycles. The fourth-order valence-electron chi connectivity index (χ4n) is 4.11. The van der Waals surface area contributed by atoms with Crippen LogP contribution in [0.15, 0.2) is 24.3 Å². The van der Waals surface area contributed by atoms with Crippen molar-refractivity contribution in [3.63, 3.8) is 0 Å². The Hall–Kier alpha value is -1.39. The van der Waals surface area contributed by atoms with Crippen LogP contribution in [0.1, 0.15) is 54.4 Å². The maximum atomic E-state index is 10.9. The van der Waals surface area contributed by atoms with Crippen LogP contribution in [0, 0.1) is 5.92 Å². The van der Waals surface area contributed by atoms with Gasteiger partial charge in [-0.25, -0.2) is 4.79 Å². The number of rotatable bonds is 5. The minimum absolute atomic E-state index is 0.369. The first-order chi connectivity index (χ1) is 11.7. The fraction of sp³-hybridized carbons (Fsp3) is 0.650. The molecule has 3 rings (SSSR count). The predicted molar refractivity (Wildman–Crippen MR) is 96.3 cm³/mol. The molecule has 2 aliphatic rings. The number of aromatic carboxylic acids is 1. The molecular weight excluding hydrogens is 300 g/mol. The molecule has 0 atom stereocenters. The first-order valence-corrected chi connectivity index (χ1v) is 9.47. The highest BCUT2D eigenvalue weighted by atomic mass is 16.4. The Bertz CT molecular complexity index is 523. The smallest absolute Gasteiger partial charge is 0.335 e. The van der Waals surface area contributed by atoms with Gasteiger partial charge in [-0.05, 0) is 56.0 Å². The van der Waals surface area contributed by atoms with E-state index >= 15 is 0 Å². The summed E-state index contributed by atoms with van der Waals surface area (Å²) in [5, 5.41) is 8.98. The molecule has 0 amide bonds. The molecule has 4 nitrogen and oxygen atoms in total. The quantitative estimate of drug-likeness (QED) is 0.898. The van der Waals surface area contributed by atoms with Gasteiger partial charge in [-0.1, -0.05) is 31.4 Å². The number of benzene rings is 1. The van der Waals surface area contributed by atoms with Gasteiger partial charge in [0.1, 0.15) is 0 Å². The third kappa shape index (κ3) is 5.05. The third-order valence-corrected chi connectivity index (χ3v) is 5.53. The van der Waals surface area contributed by atoms with E-state index in [2.05, 4.69) is 9.80 Å². The van der Waals surface area contributed by atoms with Gasteiger partial charge in [0.2, 0.25) is 0 Å². The fourth-order valence-corrected chi connectivity index (χ4v) is 4.11. The van der Waals surface area contributed by atoms with Crippen LogP contribution in [-0.2, 0) is 6.54 Å². The number of carbonyl (C=O) groups is 1. The van der Waals surface area contributed by atoms with Gasteiger partial charge in [-0.2, -0.15) is 0 Å². The van der Waals surface area contributed by atoms with E-state index in [1.54, 1.807) is 12.1 Å². The van der Waals surface area contributed by atoms with Crippen LogP contribution in [0.4, 0.5) is 0 Å². The zero-order valence-electron chi connectivity index (χ0n) is 14.6. The molecule has 1 aliphatic carbocycles. The second-order valence-electron chi connectivity index (χ2n) is 7.44. The third-order valence-electron chi connectivity index (χ3n) is 5.53. The molecule has 0 unspecified atom stereocenters. The van der Waals surface area contributed by atoms with E-state index < -0.39 is 5.97 Å². The summed E-state index contributed by atoms with van der Waals surface area (Å²) < 4.78 is 0. The lowest BCUT2D eigenvalue weighted by Gasteiger charge is -2.28. The van der Waals surface area contributed by atoms with Crippen molar-refractivity contribution in [1.29, 1.82) is 0 Å². The molecule has 1 saturated heterocycles. The van der Waals surface area contributed by atoms with Gasteiger partial charge >= 0.3 is 5.97 Å². The van der Waals surface area contributed by atoms with E-state index in [0.29, 0.717) is 5.56 Å². The van der Waals surface area contributed by atoms with E-state index in [4.69, 9.17) is 5.11 Å². The van der Waals surface area contributed by atoms with E-state index in [1.165, 1.54) is 63.7 Å². The maximum Gasteiger partial charge on any atom is 0.335 e. The minimum Gasteiger partial charge on any atom is -0.478 e. The molecule has 1 aromatic rings. The topological polar surface area (TPSA) is 43.8 Å². The lowest BCUT2D eigenvalue weighted by atomic mass is 9.89. The monoisotopic (exact) mass is 330 g/mol. The summed E-state index contributed by atoms with van der Waals surface area (Å²) >= 11 is 0. The van der Waals surface area contributed by atoms with E-state index in [1.807, 2.05) is 12.1 Å². The zero-order valence-corrected chi connectivity index (χ0v) is 14.6. The number of carboxylic acids is 1. The molecular formula is C20H30N2O2. The van der Waals surface area contributed by atoms with Crippen LogP contribution in [0.3, 0.4) is 0 Å². The molecule has 132 valence electrons. The molecule has 4 heteroatoms. The SMILES string of the molecule is O=C(O)c1ccc(CN2CCCN(CC3CCCCC3)CC2)cc1. The van der Waals surface area contributed by atoms with E-state index in [-0.39, 0.29) is 0 Å². The molecule has 1 saturated carbocycles. The van der Waals surface area contributed by atoms with E-state index in [9.17, 15) is 4.79 Å². The molecule has 0 spiro atoms. The number of hydrogen-bond acceptors (Lipinski definition) is 3. The Labute approximate surface area is 145 Å². The normalized spacial score (nSPS) is 21.5. The minimum atomic E-state index is -0.852. The Morgan fingerprint density at radius 3 is 2.29 bits per heavy atom. The van der Waals surface area contributed by atoms with Crippen molar-refractivity contribution < 1.29 is 9.90 Å². The van der Waals surface area contributed by atoms with Gasteiger partial charge in [0, 0.05) is 26.2 Å². The number of carboxylic acid groups (broad SMARTS) is 1. The standard InChI is InChI=1S/C20H30N2O2/c23-20(24)19-9-7-18(8-10-19)16-22-12-4-11-21(13-14-22)15-17-5-2-1-3-6-17/h7-10,17H,1-6,11-16H2,(H,23,24). The summed E-state index contributed by atoms with van der Waals surface area (Å²) in [6.45, 7) is 6.88. The highest BCUT2D eigenvalue weighted by Gasteiger charge is 2.20. The van der Waals surface area contributed by atoms with Crippen molar-refractivity contribution in [3.05, 3.63) is 35.4 Å². The highest BCUT2D eigenvalue weighted by molar-refractivity contribution is 5.87. The molecule has 0 aromatic heterocycles. The van der Waals surface area contributed by atoms with Gasteiger partial charge < -0.3 is 10.0 Å². The Kier molecular flexibility index (Phi) is 6.27. The van der Waals surface area contributed by atoms with Crippen LogP contribution >= 0.6 is 0 Å². The predicted octanol–water partition coefficient (Wildman–Crippen LogP) is 3.47. The summed E-state index contributed by atoms with van der Waals surface area (Å²) in [6.07, 6.45) is 8.38. The molecule has 1 heterocycles. The van der Waals surface area contributed by atoms with Crippen molar-refractivity contribution in [1.82, 2.24) is 9.80 Å². The summed E-state index contributed by atoms with van der Waals surface area (Å²) in [6, 6.07) is 7.33. The first-order valence-electron chi connectivity index (χ1n) is 9.47. The van der Waals surface area contributed by atoms with E-state index in [0.717, 1.165) is 25.6 Å². The second-order valence-corrected chi connectivity index (χ2v) is 7.44. The molecule has 0 bridgehead atoms. The largest absolute Gasteiger partial charge is 0.478 e. The average Bonchev–Trinajstić information content (AvgIpc) is 2.82.